The van der Waals surface area contributed by atoms with Crippen LogP contribution in [0.4, 0.5) is 0 Å². The number of rotatable bonds is 2. The molecule has 4 nitrogen and oxygen atoms in total. The van der Waals surface area contributed by atoms with E-state index < -0.39 is 0 Å². The second kappa shape index (κ2) is 4.18. The highest BCUT2D eigenvalue weighted by Gasteiger charge is 2.13. The molecule has 82 valence electrons. The van der Waals surface area contributed by atoms with Crippen LogP contribution in [0.15, 0.2) is 36.4 Å². The van der Waals surface area contributed by atoms with Crippen molar-refractivity contribution in [2.75, 3.05) is 7.11 Å². The molecule has 0 aliphatic carbocycles. The van der Waals surface area contributed by atoms with E-state index in [0.29, 0.717) is 5.69 Å². The molecule has 0 radical (unpaired) electrons. The van der Waals surface area contributed by atoms with E-state index in [-0.39, 0.29) is 5.97 Å². The Morgan fingerprint density at radius 2 is 2.00 bits per heavy atom. The van der Waals surface area contributed by atoms with Crippen LogP contribution in [-0.4, -0.2) is 22.9 Å². The van der Waals surface area contributed by atoms with Gasteiger partial charge in [0.15, 0.2) is 0 Å². The lowest BCUT2D eigenvalue weighted by atomic mass is 10.1. The summed E-state index contributed by atoms with van der Waals surface area (Å²) in [5.74, 6) is -0.378. The van der Waals surface area contributed by atoms with Crippen molar-refractivity contribution in [3.05, 3.63) is 42.1 Å². The van der Waals surface area contributed by atoms with Crippen molar-refractivity contribution in [1.82, 2.24) is 9.78 Å². The Bertz CT molecular complexity index is 503. The van der Waals surface area contributed by atoms with Gasteiger partial charge >= 0.3 is 5.97 Å². The second-order valence-electron chi connectivity index (χ2n) is 3.40. The first kappa shape index (κ1) is 10.4. The number of carbonyl (C=O) groups is 1. The summed E-state index contributed by atoms with van der Waals surface area (Å²) in [6, 6.07) is 11.4. The van der Waals surface area contributed by atoms with Gasteiger partial charge in [0.05, 0.1) is 12.8 Å². The molecule has 0 aliphatic rings. The predicted molar refractivity (Wildman–Crippen MR) is 60.0 cm³/mol. The van der Waals surface area contributed by atoms with Crippen LogP contribution < -0.4 is 0 Å². The number of carbonyl (C=O) groups excluding carboxylic acids is 1. The average molecular weight is 216 g/mol. The van der Waals surface area contributed by atoms with Crippen molar-refractivity contribution >= 4 is 5.97 Å². The summed E-state index contributed by atoms with van der Waals surface area (Å²) < 4.78 is 6.19. The van der Waals surface area contributed by atoms with E-state index >= 15 is 0 Å². The molecular weight excluding hydrogens is 204 g/mol. The van der Waals surface area contributed by atoms with Crippen LogP contribution >= 0.6 is 0 Å². The number of methoxy groups -OCH3 is 1. The third-order valence-corrected chi connectivity index (χ3v) is 2.34. The lowest BCUT2D eigenvalue weighted by molar-refractivity contribution is 0.0588. The molecule has 0 spiro atoms. The Morgan fingerprint density at radius 1 is 1.31 bits per heavy atom. The third kappa shape index (κ3) is 1.82. The Kier molecular flexibility index (Phi) is 2.72. The smallest absolute Gasteiger partial charge is 0.356 e. The number of hydrogen-bond acceptors (Lipinski definition) is 3. The average Bonchev–Trinajstić information content (AvgIpc) is 2.71. The molecule has 0 N–H and O–H groups in total. The molecule has 0 atom stereocenters. The summed E-state index contributed by atoms with van der Waals surface area (Å²) in [5, 5.41) is 4.27. The highest BCUT2D eigenvalue weighted by atomic mass is 16.5. The fourth-order valence-electron chi connectivity index (χ4n) is 1.51. The molecule has 0 aliphatic heterocycles. The number of nitrogens with zero attached hydrogens (tertiary/aromatic N) is 2. The summed E-state index contributed by atoms with van der Waals surface area (Å²) in [6.45, 7) is 0. The van der Waals surface area contributed by atoms with Crippen LogP contribution in [0.3, 0.4) is 0 Å². The molecule has 16 heavy (non-hydrogen) atoms. The van der Waals surface area contributed by atoms with Gasteiger partial charge in [-0.15, -0.1) is 0 Å². The van der Waals surface area contributed by atoms with Gasteiger partial charge in [-0.25, -0.2) is 4.79 Å². The molecule has 0 unspecified atom stereocenters. The first-order valence-corrected chi connectivity index (χ1v) is 4.90. The van der Waals surface area contributed by atoms with E-state index in [1.807, 2.05) is 30.3 Å². The summed E-state index contributed by atoms with van der Waals surface area (Å²) in [4.78, 5) is 11.4. The first-order chi connectivity index (χ1) is 7.72. The minimum absolute atomic E-state index is 0.378. The molecule has 0 fully saturated rings. The Morgan fingerprint density at radius 3 is 2.62 bits per heavy atom. The van der Waals surface area contributed by atoms with Gasteiger partial charge in [0.2, 0.25) is 0 Å². The minimum atomic E-state index is -0.378. The van der Waals surface area contributed by atoms with Crippen molar-refractivity contribution in [3.8, 4) is 11.3 Å². The maximum absolute atomic E-state index is 11.4. The van der Waals surface area contributed by atoms with E-state index in [1.165, 1.54) is 11.8 Å². The summed E-state index contributed by atoms with van der Waals surface area (Å²) in [5.41, 5.74) is 2.19. The van der Waals surface area contributed by atoms with Crippen LogP contribution in [0, 0.1) is 0 Å². The topological polar surface area (TPSA) is 44.1 Å². The lowest BCUT2D eigenvalue weighted by Crippen LogP contribution is -2.07. The van der Waals surface area contributed by atoms with Crippen LogP contribution in [0.5, 0.6) is 0 Å². The van der Waals surface area contributed by atoms with Gasteiger partial charge in [-0.3, -0.25) is 4.68 Å². The van der Waals surface area contributed by atoms with Crippen molar-refractivity contribution in [1.29, 1.82) is 0 Å². The van der Waals surface area contributed by atoms with Gasteiger partial charge in [0, 0.05) is 12.6 Å². The quantitative estimate of drug-likeness (QED) is 0.720. The minimum Gasteiger partial charge on any atom is -0.464 e. The zero-order chi connectivity index (χ0) is 11.5. The van der Waals surface area contributed by atoms with Crippen molar-refractivity contribution in [2.45, 2.75) is 0 Å². The predicted octanol–water partition coefficient (Wildman–Crippen LogP) is 1.87. The zero-order valence-electron chi connectivity index (χ0n) is 9.18. The fourth-order valence-corrected chi connectivity index (χ4v) is 1.51. The molecule has 2 rings (SSSR count). The van der Waals surface area contributed by atoms with Crippen molar-refractivity contribution in [2.24, 2.45) is 7.05 Å². The van der Waals surface area contributed by atoms with E-state index in [1.54, 1.807) is 13.1 Å². The highest BCUT2D eigenvalue weighted by molar-refractivity contribution is 5.88. The van der Waals surface area contributed by atoms with Crippen LogP contribution in [-0.2, 0) is 11.8 Å². The SMILES string of the molecule is COC(=O)c1cc(-c2ccccc2)nn1C. The Labute approximate surface area is 93.5 Å². The van der Waals surface area contributed by atoms with Gasteiger partial charge in [0.25, 0.3) is 0 Å². The molecule has 0 amide bonds. The van der Waals surface area contributed by atoms with Gasteiger partial charge < -0.3 is 4.74 Å². The number of benzene rings is 1. The normalized spacial score (nSPS) is 10.1. The number of esters is 1. The standard InChI is InChI=1S/C12H12N2O2/c1-14-11(12(15)16-2)8-10(13-14)9-6-4-3-5-7-9/h3-8H,1-2H3. The Hall–Kier alpha value is -2.10. The first-order valence-electron chi connectivity index (χ1n) is 4.90. The van der Waals surface area contributed by atoms with Gasteiger partial charge in [-0.05, 0) is 6.07 Å². The van der Waals surface area contributed by atoms with E-state index in [0.717, 1.165) is 11.3 Å². The van der Waals surface area contributed by atoms with E-state index in [9.17, 15) is 4.79 Å². The third-order valence-electron chi connectivity index (χ3n) is 2.34. The Balaban J connectivity index is 2.42. The maximum atomic E-state index is 11.4. The maximum Gasteiger partial charge on any atom is 0.356 e. The van der Waals surface area contributed by atoms with E-state index in [4.69, 9.17) is 0 Å². The molecule has 0 saturated heterocycles. The summed E-state index contributed by atoms with van der Waals surface area (Å²) in [7, 11) is 3.08. The summed E-state index contributed by atoms with van der Waals surface area (Å²) >= 11 is 0. The second-order valence-corrected chi connectivity index (χ2v) is 3.40. The van der Waals surface area contributed by atoms with E-state index in [2.05, 4.69) is 9.84 Å². The molecule has 0 saturated carbocycles. The highest BCUT2D eigenvalue weighted by Crippen LogP contribution is 2.18. The number of ether oxygens (including phenoxy) is 1. The molecule has 1 aromatic carbocycles. The monoisotopic (exact) mass is 216 g/mol. The lowest BCUT2D eigenvalue weighted by Gasteiger charge is -1.96. The van der Waals surface area contributed by atoms with Crippen LogP contribution in [0.1, 0.15) is 10.5 Å². The van der Waals surface area contributed by atoms with Crippen molar-refractivity contribution < 1.29 is 9.53 Å². The number of aromatic nitrogens is 2. The van der Waals surface area contributed by atoms with Crippen molar-refractivity contribution in [3.63, 3.8) is 0 Å². The fraction of sp³-hybridized carbons (Fsp3) is 0.167. The molecule has 1 heterocycles. The van der Waals surface area contributed by atoms with Crippen LogP contribution in [0.2, 0.25) is 0 Å². The summed E-state index contributed by atoms with van der Waals surface area (Å²) in [6.07, 6.45) is 0. The molecule has 2 aromatic rings. The largest absolute Gasteiger partial charge is 0.464 e. The number of hydrogen-bond donors (Lipinski definition) is 0. The van der Waals surface area contributed by atoms with Crippen LogP contribution in [0.25, 0.3) is 11.3 Å². The molecule has 0 bridgehead atoms. The van der Waals surface area contributed by atoms with Gasteiger partial charge in [-0.2, -0.15) is 5.10 Å². The van der Waals surface area contributed by atoms with Gasteiger partial charge in [0.1, 0.15) is 5.69 Å². The molecule has 1 aromatic heterocycles. The molecular formula is C12H12N2O2. The zero-order valence-corrected chi connectivity index (χ0v) is 9.18. The molecule has 4 heteroatoms. The number of aryl methyl sites for hydroxylation is 1. The van der Waals surface area contributed by atoms with Gasteiger partial charge in [-0.1, -0.05) is 30.3 Å².